The molecule has 0 unspecified atom stereocenters. The van der Waals surface area contributed by atoms with Crippen LogP contribution < -0.4 is 10.6 Å². The summed E-state index contributed by atoms with van der Waals surface area (Å²) in [6.07, 6.45) is 3.21. The van der Waals surface area contributed by atoms with Crippen LogP contribution in [0.25, 0.3) is 5.69 Å². The minimum atomic E-state index is 0.699. The first kappa shape index (κ1) is 16.7. The molecule has 3 aromatic rings. The van der Waals surface area contributed by atoms with Gasteiger partial charge in [-0.3, -0.25) is 4.99 Å². The molecule has 3 rings (SSSR count). The van der Waals surface area contributed by atoms with E-state index in [4.69, 9.17) is 0 Å². The van der Waals surface area contributed by atoms with Gasteiger partial charge in [-0.05, 0) is 35.7 Å². The second-order valence-electron chi connectivity index (χ2n) is 5.71. The predicted molar refractivity (Wildman–Crippen MR) is 99.6 cm³/mol. The van der Waals surface area contributed by atoms with Gasteiger partial charge in [-0.15, -0.1) is 0 Å². The standard InChI is InChI=1S/C19H22N6/c1-15-5-3-4-6-17(15)12-23-19(20-2)22-11-16-7-9-18(10-8-16)25-14-21-13-24-25/h3-10,13-14H,11-12H2,1-2H3,(H2,20,22,23). The van der Waals surface area contributed by atoms with Crippen LogP contribution in [0.1, 0.15) is 16.7 Å². The van der Waals surface area contributed by atoms with Gasteiger partial charge in [0.05, 0.1) is 5.69 Å². The van der Waals surface area contributed by atoms with Crippen molar-refractivity contribution >= 4 is 5.96 Å². The maximum atomic E-state index is 4.28. The molecule has 1 aromatic heterocycles. The van der Waals surface area contributed by atoms with Gasteiger partial charge in [0.15, 0.2) is 5.96 Å². The van der Waals surface area contributed by atoms with E-state index in [2.05, 4.69) is 69.0 Å². The highest BCUT2D eigenvalue weighted by molar-refractivity contribution is 5.79. The molecule has 25 heavy (non-hydrogen) atoms. The van der Waals surface area contributed by atoms with Crippen LogP contribution in [0, 0.1) is 6.92 Å². The van der Waals surface area contributed by atoms with Gasteiger partial charge in [-0.25, -0.2) is 9.67 Å². The lowest BCUT2D eigenvalue weighted by Gasteiger charge is -2.13. The Balaban J connectivity index is 1.53. The molecule has 0 fully saturated rings. The monoisotopic (exact) mass is 334 g/mol. The van der Waals surface area contributed by atoms with Crippen molar-refractivity contribution in [3.63, 3.8) is 0 Å². The average Bonchev–Trinajstić information content (AvgIpc) is 3.18. The lowest BCUT2D eigenvalue weighted by Crippen LogP contribution is -2.36. The van der Waals surface area contributed by atoms with Gasteiger partial charge in [0.25, 0.3) is 0 Å². The number of rotatable bonds is 5. The van der Waals surface area contributed by atoms with E-state index in [1.54, 1.807) is 18.1 Å². The predicted octanol–water partition coefficient (Wildman–Crippen LogP) is 2.44. The first-order valence-electron chi connectivity index (χ1n) is 8.19. The minimum absolute atomic E-state index is 0.699. The molecular formula is C19H22N6. The first-order valence-corrected chi connectivity index (χ1v) is 8.19. The third kappa shape index (κ3) is 4.44. The Bertz CT molecular complexity index is 821. The maximum absolute atomic E-state index is 4.28. The normalized spacial score (nSPS) is 11.4. The summed E-state index contributed by atoms with van der Waals surface area (Å²) in [5.74, 6) is 0.781. The number of guanidine groups is 1. The van der Waals surface area contributed by atoms with Gasteiger partial charge in [-0.1, -0.05) is 36.4 Å². The third-order valence-corrected chi connectivity index (χ3v) is 4.01. The van der Waals surface area contributed by atoms with E-state index in [9.17, 15) is 0 Å². The Morgan fingerprint density at radius 1 is 1.04 bits per heavy atom. The highest BCUT2D eigenvalue weighted by Crippen LogP contribution is 2.08. The number of nitrogens with one attached hydrogen (secondary N) is 2. The average molecular weight is 334 g/mol. The van der Waals surface area contributed by atoms with Crippen LogP contribution in [0.4, 0.5) is 0 Å². The summed E-state index contributed by atoms with van der Waals surface area (Å²) < 4.78 is 1.74. The van der Waals surface area contributed by atoms with Gasteiger partial charge >= 0.3 is 0 Å². The summed E-state index contributed by atoms with van der Waals surface area (Å²) in [5.41, 5.74) is 4.70. The van der Waals surface area contributed by atoms with E-state index in [1.165, 1.54) is 23.0 Å². The lowest BCUT2D eigenvalue weighted by atomic mass is 10.1. The van der Waals surface area contributed by atoms with Crippen LogP contribution in [0.15, 0.2) is 66.2 Å². The van der Waals surface area contributed by atoms with Crippen LogP contribution in [0.3, 0.4) is 0 Å². The van der Waals surface area contributed by atoms with Crippen molar-refractivity contribution in [1.82, 2.24) is 25.4 Å². The minimum Gasteiger partial charge on any atom is -0.352 e. The fourth-order valence-corrected chi connectivity index (χ4v) is 2.50. The van der Waals surface area contributed by atoms with Crippen molar-refractivity contribution in [2.75, 3.05) is 7.05 Å². The number of aryl methyl sites for hydroxylation is 1. The van der Waals surface area contributed by atoms with Gasteiger partial charge in [0.1, 0.15) is 12.7 Å². The summed E-state index contributed by atoms with van der Waals surface area (Å²) in [6, 6.07) is 16.5. The number of benzene rings is 2. The molecule has 2 aromatic carbocycles. The highest BCUT2D eigenvalue weighted by Gasteiger charge is 2.02. The molecule has 0 saturated heterocycles. The van der Waals surface area contributed by atoms with Crippen molar-refractivity contribution in [2.45, 2.75) is 20.0 Å². The van der Waals surface area contributed by atoms with Gasteiger partial charge < -0.3 is 10.6 Å². The zero-order valence-electron chi connectivity index (χ0n) is 14.5. The summed E-state index contributed by atoms with van der Waals surface area (Å²) in [5, 5.41) is 10.8. The largest absolute Gasteiger partial charge is 0.352 e. The van der Waals surface area contributed by atoms with E-state index >= 15 is 0 Å². The number of aromatic nitrogens is 3. The Labute approximate surface area is 147 Å². The second-order valence-corrected chi connectivity index (χ2v) is 5.71. The highest BCUT2D eigenvalue weighted by atomic mass is 15.3. The molecule has 128 valence electrons. The first-order chi connectivity index (χ1) is 12.3. The van der Waals surface area contributed by atoms with Crippen LogP contribution in [-0.4, -0.2) is 27.8 Å². The SMILES string of the molecule is CN=C(NCc1ccc(-n2cncn2)cc1)NCc1ccccc1C. The summed E-state index contributed by atoms with van der Waals surface area (Å²) in [6.45, 7) is 3.56. The Morgan fingerprint density at radius 3 is 2.48 bits per heavy atom. The molecule has 0 spiro atoms. The summed E-state index contributed by atoms with van der Waals surface area (Å²) in [4.78, 5) is 8.24. The van der Waals surface area contributed by atoms with E-state index in [-0.39, 0.29) is 0 Å². The van der Waals surface area contributed by atoms with E-state index in [0.29, 0.717) is 6.54 Å². The molecule has 0 amide bonds. The van der Waals surface area contributed by atoms with Crippen molar-refractivity contribution in [3.8, 4) is 5.69 Å². The zero-order valence-corrected chi connectivity index (χ0v) is 14.5. The van der Waals surface area contributed by atoms with Gasteiger partial charge in [-0.2, -0.15) is 5.10 Å². The molecule has 0 bridgehead atoms. The molecule has 0 atom stereocenters. The zero-order chi connectivity index (χ0) is 17.5. The third-order valence-electron chi connectivity index (χ3n) is 4.01. The fraction of sp³-hybridized carbons (Fsp3) is 0.211. The van der Waals surface area contributed by atoms with E-state index in [0.717, 1.165) is 18.2 Å². The van der Waals surface area contributed by atoms with Gasteiger partial charge in [0.2, 0.25) is 0 Å². The molecule has 6 nitrogen and oxygen atoms in total. The van der Waals surface area contributed by atoms with E-state index < -0.39 is 0 Å². The van der Waals surface area contributed by atoms with Crippen LogP contribution in [0.5, 0.6) is 0 Å². The Morgan fingerprint density at radius 2 is 1.80 bits per heavy atom. The number of hydrogen-bond donors (Lipinski definition) is 2. The summed E-state index contributed by atoms with van der Waals surface area (Å²) >= 11 is 0. The Hall–Kier alpha value is -3.15. The smallest absolute Gasteiger partial charge is 0.191 e. The van der Waals surface area contributed by atoms with Gasteiger partial charge in [0, 0.05) is 20.1 Å². The molecule has 2 N–H and O–H groups in total. The van der Waals surface area contributed by atoms with Crippen molar-refractivity contribution < 1.29 is 0 Å². The fourth-order valence-electron chi connectivity index (χ4n) is 2.50. The van der Waals surface area contributed by atoms with Crippen molar-refractivity contribution in [1.29, 1.82) is 0 Å². The lowest BCUT2D eigenvalue weighted by molar-refractivity contribution is 0.805. The maximum Gasteiger partial charge on any atom is 0.191 e. The van der Waals surface area contributed by atoms with Crippen molar-refractivity contribution in [2.24, 2.45) is 4.99 Å². The van der Waals surface area contributed by atoms with Crippen LogP contribution >= 0.6 is 0 Å². The molecule has 0 aliphatic heterocycles. The van der Waals surface area contributed by atoms with Crippen LogP contribution in [0.2, 0.25) is 0 Å². The molecule has 0 aliphatic carbocycles. The quantitative estimate of drug-likeness (QED) is 0.555. The topological polar surface area (TPSA) is 67.1 Å². The number of hydrogen-bond acceptors (Lipinski definition) is 3. The molecule has 6 heteroatoms. The molecule has 1 heterocycles. The number of aliphatic imine (C=N–C) groups is 1. The number of nitrogens with zero attached hydrogens (tertiary/aromatic N) is 4. The molecule has 0 radical (unpaired) electrons. The Kier molecular flexibility index (Phi) is 5.41. The molecule has 0 aliphatic rings. The molecular weight excluding hydrogens is 312 g/mol. The van der Waals surface area contributed by atoms with Crippen LogP contribution in [-0.2, 0) is 13.1 Å². The second kappa shape index (κ2) is 8.10. The van der Waals surface area contributed by atoms with Crippen molar-refractivity contribution in [3.05, 3.63) is 77.9 Å². The van der Waals surface area contributed by atoms with E-state index in [1.807, 2.05) is 12.1 Å². The molecule has 0 saturated carbocycles. The summed E-state index contributed by atoms with van der Waals surface area (Å²) in [7, 11) is 1.78.